The van der Waals surface area contributed by atoms with Crippen molar-refractivity contribution in [3.8, 4) is 0 Å². The van der Waals surface area contributed by atoms with Crippen molar-refractivity contribution < 1.29 is 19.4 Å². The summed E-state index contributed by atoms with van der Waals surface area (Å²) in [5.74, 6) is -1.89. The summed E-state index contributed by atoms with van der Waals surface area (Å²) in [5, 5.41) is 22.4. The molecule has 0 saturated carbocycles. The Morgan fingerprint density at radius 2 is 1.00 bits per heavy atom. The molecular weight excluding hydrogens is 320 g/mol. The number of benzene rings is 2. The predicted molar refractivity (Wildman–Crippen MR) is 81.9 cm³/mol. The SMILES string of the molecule is Nc1ccc([N+](=O)[O-])c2c1C(=O)c1c(N)ccc([N+](=O)[O-])c1C2=O. The maximum Gasteiger partial charge on any atom is 0.281 e. The fourth-order valence-corrected chi connectivity index (χ4v) is 2.72. The van der Waals surface area contributed by atoms with Gasteiger partial charge in [0.15, 0.2) is 5.78 Å². The number of carbonyl (C=O) groups is 2. The van der Waals surface area contributed by atoms with Crippen LogP contribution in [0.1, 0.15) is 31.8 Å². The number of nitrogen functional groups attached to an aromatic ring is 2. The number of nitro groups is 2. The van der Waals surface area contributed by atoms with Crippen LogP contribution in [0.5, 0.6) is 0 Å². The molecule has 120 valence electrons. The summed E-state index contributed by atoms with van der Waals surface area (Å²) in [6.07, 6.45) is 0. The van der Waals surface area contributed by atoms with Crippen molar-refractivity contribution in [2.75, 3.05) is 11.5 Å². The van der Waals surface area contributed by atoms with Crippen LogP contribution in [0, 0.1) is 20.2 Å². The maximum absolute atomic E-state index is 12.7. The lowest BCUT2D eigenvalue weighted by molar-refractivity contribution is -0.385. The van der Waals surface area contributed by atoms with Crippen LogP contribution in [0.25, 0.3) is 0 Å². The number of carbonyl (C=O) groups excluding carboxylic acids is 2. The Bertz CT molecular complexity index is 906. The van der Waals surface area contributed by atoms with Crippen LogP contribution in [0.3, 0.4) is 0 Å². The van der Waals surface area contributed by atoms with E-state index < -0.39 is 43.9 Å². The first-order valence-electron chi connectivity index (χ1n) is 6.48. The summed E-state index contributed by atoms with van der Waals surface area (Å²) in [4.78, 5) is 46.1. The van der Waals surface area contributed by atoms with Crippen molar-refractivity contribution in [1.29, 1.82) is 0 Å². The fourth-order valence-electron chi connectivity index (χ4n) is 2.72. The van der Waals surface area contributed by atoms with E-state index >= 15 is 0 Å². The molecule has 0 fully saturated rings. The molecule has 4 N–H and O–H groups in total. The van der Waals surface area contributed by atoms with Gasteiger partial charge in [-0.05, 0) is 12.1 Å². The van der Waals surface area contributed by atoms with E-state index in [1.165, 1.54) is 0 Å². The monoisotopic (exact) mass is 328 g/mol. The van der Waals surface area contributed by atoms with Gasteiger partial charge in [0.2, 0.25) is 5.78 Å². The van der Waals surface area contributed by atoms with Gasteiger partial charge in [-0.1, -0.05) is 0 Å². The second-order valence-corrected chi connectivity index (χ2v) is 5.02. The van der Waals surface area contributed by atoms with Crippen molar-refractivity contribution in [2.45, 2.75) is 0 Å². The minimum Gasteiger partial charge on any atom is -0.398 e. The quantitative estimate of drug-likeness (QED) is 0.403. The van der Waals surface area contributed by atoms with E-state index in [1.807, 2.05) is 0 Å². The molecule has 2 aromatic carbocycles. The van der Waals surface area contributed by atoms with Crippen molar-refractivity contribution >= 4 is 34.3 Å². The van der Waals surface area contributed by atoms with E-state index in [0.29, 0.717) is 0 Å². The lowest BCUT2D eigenvalue weighted by Gasteiger charge is -2.19. The number of nitro benzene ring substituents is 2. The van der Waals surface area contributed by atoms with Crippen LogP contribution in [0.15, 0.2) is 24.3 Å². The average Bonchev–Trinajstić information content (AvgIpc) is 2.51. The molecule has 0 atom stereocenters. The van der Waals surface area contributed by atoms with E-state index in [4.69, 9.17) is 11.5 Å². The van der Waals surface area contributed by atoms with Crippen molar-refractivity contribution in [2.24, 2.45) is 0 Å². The molecule has 0 saturated heterocycles. The van der Waals surface area contributed by atoms with Crippen LogP contribution in [-0.4, -0.2) is 21.4 Å². The molecule has 24 heavy (non-hydrogen) atoms. The number of hydrogen-bond acceptors (Lipinski definition) is 8. The molecule has 0 unspecified atom stereocenters. The molecule has 0 radical (unpaired) electrons. The molecule has 0 aromatic heterocycles. The summed E-state index contributed by atoms with van der Waals surface area (Å²) in [6, 6.07) is 4.20. The lowest BCUT2D eigenvalue weighted by atomic mass is 9.81. The number of hydrogen-bond donors (Lipinski definition) is 2. The first-order valence-corrected chi connectivity index (χ1v) is 6.48. The van der Waals surface area contributed by atoms with Gasteiger partial charge in [0.25, 0.3) is 11.4 Å². The third-order valence-corrected chi connectivity index (χ3v) is 3.73. The minimum absolute atomic E-state index is 0.148. The van der Waals surface area contributed by atoms with Crippen LogP contribution in [0.2, 0.25) is 0 Å². The molecule has 0 spiro atoms. The largest absolute Gasteiger partial charge is 0.398 e. The highest BCUT2D eigenvalue weighted by Crippen LogP contribution is 2.41. The molecule has 10 heteroatoms. The number of fused-ring (bicyclic) bond motifs is 2. The van der Waals surface area contributed by atoms with E-state index in [2.05, 4.69) is 0 Å². The standard InChI is InChI=1S/C14H8N4O6/c15-5-1-3-7(17(21)22)11-9(5)13(19)10-6(16)2-4-8(18(23)24)12(10)14(11)20/h1-4H,15-16H2. The van der Waals surface area contributed by atoms with E-state index in [9.17, 15) is 29.8 Å². The van der Waals surface area contributed by atoms with Gasteiger partial charge >= 0.3 is 0 Å². The third kappa shape index (κ3) is 1.83. The summed E-state index contributed by atoms with van der Waals surface area (Å²) < 4.78 is 0. The Kier molecular flexibility index (Phi) is 3.04. The Morgan fingerprint density at radius 1 is 0.667 bits per heavy atom. The molecule has 2 aromatic rings. The van der Waals surface area contributed by atoms with Gasteiger partial charge in [0.1, 0.15) is 11.1 Å². The summed E-state index contributed by atoms with van der Waals surface area (Å²) in [6.45, 7) is 0. The zero-order chi connectivity index (χ0) is 17.8. The first kappa shape index (κ1) is 15.1. The number of anilines is 2. The van der Waals surface area contributed by atoms with Crippen molar-refractivity contribution in [1.82, 2.24) is 0 Å². The Labute approximate surface area is 133 Å². The zero-order valence-electron chi connectivity index (χ0n) is 11.8. The number of ketones is 2. The van der Waals surface area contributed by atoms with Gasteiger partial charge < -0.3 is 11.5 Å². The van der Waals surface area contributed by atoms with Gasteiger partial charge in [-0.15, -0.1) is 0 Å². The molecule has 1 aliphatic carbocycles. The highest BCUT2D eigenvalue weighted by atomic mass is 16.6. The van der Waals surface area contributed by atoms with Crippen LogP contribution in [-0.2, 0) is 0 Å². The van der Waals surface area contributed by atoms with Crippen LogP contribution >= 0.6 is 0 Å². The van der Waals surface area contributed by atoms with Gasteiger partial charge in [-0.3, -0.25) is 29.8 Å². The maximum atomic E-state index is 12.7. The molecule has 3 rings (SSSR count). The molecule has 10 nitrogen and oxygen atoms in total. The average molecular weight is 328 g/mol. The van der Waals surface area contributed by atoms with E-state index in [0.717, 1.165) is 24.3 Å². The van der Waals surface area contributed by atoms with Crippen LogP contribution in [0.4, 0.5) is 22.7 Å². The molecule has 1 aliphatic rings. The second-order valence-electron chi connectivity index (χ2n) is 5.02. The number of nitrogens with zero attached hydrogens (tertiary/aromatic N) is 2. The third-order valence-electron chi connectivity index (χ3n) is 3.73. The predicted octanol–water partition coefficient (Wildman–Crippen LogP) is 1.44. The van der Waals surface area contributed by atoms with Crippen molar-refractivity contribution in [3.63, 3.8) is 0 Å². The molecular formula is C14H8N4O6. The van der Waals surface area contributed by atoms with Crippen molar-refractivity contribution in [3.05, 3.63) is 66.7 Å². The lowest BCUT2D eigenvalue weighted by Crippen LogP contribution is -2.26. The molecule has 0 bridgehead atoms. The van der Waals surface area contributed by atoms with Gasteiger partial charge in [0.05, 0.1) is 21.0 Å². The molecule has 0 amide bonds. The smallest absolute Gasteiger partial charge is 0.281 e. The van der Waals surface area contributed by atoms with Crippen LogP contribution < -0.4 is 11.5 Å². The summed E-state index contributed by atoms with van der Waals surface area (Å²) >= 11 is 0. The normalized spacial score (nSPS) is 12.5. The molecule has 0 aliphatic heterocycles. The Morgan fingerprint density at radius 3 is 1.33 bits per heavy atom. The Hall–Kier alpha value is -3.82. The first-order chi connectivity index (χ1) is 11.3. The topological polar surface area (TPSA) is 172 Å². The fraction of sp³-hybridized carbons (Fsp3) is 0. The van der Waals surface area contributed by atoms with Gasteiger partial charge in [-0.25, -0.2) is 0 Å². The highest BCUT2D eigenvalue weighted by molar-refractivity contribution is 6.34. The Balaban J connectivity index is 2.48. The van der Waals surface area contributed by atoms with Gasteiger partial charge in [0, 0.05) is 23.5 Å². The number of nitrogens with two attached hydrogens (primary N) is 2. The number of rotatable bonds is 2. The summed E-state index contributed by atoms with van der Waals surface area (Å²) in [5.41, 5.74) is 7.93. The minimum atomic E-state index is -1.03. The molecule has 0 heterocycles. The zero-order valence-corrected chi connectivity index (χ0v) is 11.8. The van der Waals surface area contributed by atoms with Gasteiger partial charge in [-0.2, -0.15) is 0 Å². The summed E-state index contributed by atoms with van der Waals surface area (Å²) in [7, 11) is 0. The second kappa shape index (κ2) is 4.84. The highest BCUT2D eigenvalue weighted by Gasteiger charge is 2.42. The van der Waals surface area contributed by atoms with E-state index in [-0.39, 0.29) is 22.5 Å². The van der Waals surface area contributed by atoms with E-state index in [1.54, 1.807) is 0 Å².